The second-order valence-corrected chi connectivity index (χ2v) is 4.92. The summed E-state index contributed by atoms with van der Waals surface area (Å²) in [5, 5.41) is 6.09. The van der Waals surface area contributed by atoms with E-state index < -0.39 is 0 Å². The smallest absolute Gasteiger partial charge is 0.233 e. The monoisotopic (exact) mass is 249 g/mol. The second kappa shape index (κ2) is 7.82. The minimum atomic E-state index is 0.0476. The van der Waals surface area contributed by atoms with Crippen LogP contribution in [0.25, 0.3) is 0 Å². The Hall–Kier alpha value is -1.42. The molecule has 0 aliphatic rings. The molecule has 4 nitrogen and oxygen atoms in total. The summed E-state index contributed by atoms with van der Waals surface area (Å²) in [6.45, 7) is 7.41. The van der Waals surface area contributed by atoms with Gasteiger partial charge in [0.2, 0.25) is 5.91 Å². The van der Waals surface area contributed by atoms with Gasteiger partial charge in [-0.15, -0.1) is 0 Å². The summed E-state index contributed by atoms with van der Waals surface area (Å²) in [6, 6.07) is 4.03. The van der Waals surface area contributed by atoms with Crippen LogP contribution in [0, 0.1) is 5.92 Å². The third kappa shape index (κ3) is 5.77. The van der Waals surface area contributed by atoms with Crippen molar-refractivity contribution >= 4 is 5.91 Å². The average molecular weight is 249 g/mol. The van der Waals surface area contributed by atoms with Gasteiger partial charge in [-0.1, -0.05) is 19.9 Å². The molecule has 0 bridgehead atoms. The Morgan fingerprint density at radius 2 is 2.17 bits per heavy atom. The van der Waals surface area contributed by atoms with Crippen molar-refractivity contribution in [1.29, 1.82) is 0 Å². The van der Waals surface area contributed by atoms with Gasteiger partial charge in [-0.3, -0.25) is 9.78 Å². The summed E-state index contributed by atoms with van der Waals surface area (Å²) in [5.41, 5.74) is 1.09. The summed E-state index contributed by atoms with van der Waals surface area (Å²) in [5.74, 6) is 0.666. The topological polar surface area (TPSA) is 54.0 Å². The molecule has 4 heteroatoms. The molecule has 0 aliphatic carbocycles. The number of hydrogen-bond donors (Lipinski definition) is 2. The van der Waals surface area contributed by atoms with Crippen LogP contribution in [-0.4, -0.2) is 24.0 Å². The predicted molar refractivity (Wildman–Crippen MR) is 73.1 cm³/mol. The summed E-state index contributed by atoms with van der Waals surface area (Å²) >= 11 is 0. The molecule has 18 heavy (non-hydrogen) atoms. The Morgan fingerprint density at radius 3 is 2.78 bits per heavy atom. The quantitative estimate of drug-likeness (QED) is 0.776. The van der Waals surface area contributed by atoms with Gasteiger partial charge in [-0.25, -0.2) is 0 Å². The van der Waals surface area contributed by atoms with E-state index in [1.165, 1.54) is 0 Å². The molecule has 0 spiro atoms. The molecular formula is C14H23N3O. The largest absolute Gasteiger partial charge is 0.355 e. The number of amides is 1. The molecule has 0 aliphatic heterocycles. The fourth-order valence-corrected chi connectivity index (χ4v) is 1.56. The zero-order valence-electron chi connectivity index (χ0n) is 11.4. The predicted octanol–water partition coefficient (Wildman–Crippen LogP) is 1.89. The van der Waals surface area contributed by atoms with Crippen LogP contribution in [0.4, 0.5) is 0 Å². The fourth-order valence-electron chi connectivity index (χ4n) is 1.56. The molecule has 1 aromatic rings. The number of aromatic nitrogens is 1. The van der Waals surface area contributed by atoms with E-state index in [2.05, 4.69) is 29.5 Å². The zero-order valence-corrected chi connectivity index (χ0v) is 11.4. The number of carbonyl (C=O) groups excluding carboxylic acids is 1. The first-order valence-corrected chi connectivity index (χ1v) is 6.49. The maximum atomic E-state index is 11.6. The van der Waals surface area contributed by atoms with Crippen molar-refractivity contribution < 1.29 is 4.79 Å². The van der Waals surface area contributed by atoms with Crippen molar-refractivity contribution in [3.05, 3.63) is 30.1 Å². The number of carbonyl (C=O) groups is 1. The second-order valence-electron chi connectivity index (χ2n) is 4.92. The first-order chi connectivity index (χ1) is 8.59. The number of hydrogen-bond acceptors (Lipinski definition) is 3. The third-order valence-electron chi connectivity index (χ3n) is 2.80. The number of nitrogens with zero attached hydrogens (tertiary/aromatic N) is 1. The van der Waals surface area contributed by atoms with Crippen molar-refractivity contribution in [2.45, 2.75) is 33.2 Å². The Balaban J connectivity index is 2.22. The van der Waals surface area contributed by atoms with Crippen LogP contribution in [-0.2, 0) is 4.79 Å². The fraction of sp³-hybridized carbons (Fsp3) is 0.571. The van der Waals surface area contributed by atoms with Gasteiger partial charge >= 0.3 is 0 Å². The van der Waals surface area contributed by atoms with Crippen LogP contribution in [0.1, 0.15) is 38.8 Å². The number of pyridine rings is 1. The van der Waals surface area contributed by atoms with Gasteiger partial charge in [-0.2, -0.15) is 0 Å². The first kappa shape index (κ1) is 14.6. The Morgan fingerprint density at radius 1 is 1.39 bits per heavy atom. The average Bonchev–Trinajstić information content (AvgIpc) is 2.36. The highest BCUT2D eigenvalue weighted by Gasteiger charge is 2.07. The lowest BCUT2D eigenvalue weighted by Crippen LogP contribution is -2.35. The highest BCUT2D eigenvalue weighted by Crippen LogP contribution is 2.08. The van der Waals surface area contributed by atoms with E-state index in [-0.39, 0.29) is 11.9 Å². The summed E-state index contributed by atoms with van der Waals surface area (Å²) in [7, 11) is 0. The highest BCUT2D eigenvalue weighted by atomic mass is 16.1. The molecule has 1 atom stereocenters. The maximum absolute atomic E-state index is 11.6. The van der Waals surface area contributed by atoms with E-state index in [0.29, 0.717) is 12.5 Å². The number of rotatable bonds is 7. The van der Waals surface area contributed by atoms with E-state index in [1.54, 1.807) is 6.20 Å². The lowest BCUT2D eigenvalue weighted by molar-refractivity contribution is -0.120. The van der Waals surface area contributed by atoms with Crippen LogP contribution in [0.5, 0.6) is 0 Å². The minimum Gasteiger partial charge on any atom is -0.355 e. The summed E-state index contributed by atoms with van der Waals surface area (Å²) in [6.07, 6.45) is 4.58. The van der Waals surface area contributed by atoms with E-state index in [4.69, 9.17) is 0 Å². The summed E-state index contributed by atoms with van der Waals surface area (Å²) < 4.78 is 0. The lowest BCUT2D eigenvalue weighted by atomic mass is 10.1. The van der Waals surface area contributed by atoms with Gasteiger partial charge in [0.15, 0.2) is 0 Å². The van der Waals surface area contributed by atoms with Gasteiger partial charge in [0.25, 0.3) is 0 Å². The van der Waals surface area contributed by atoms with Gasteiger partial charge in [0.1, 0.15) is 0 Å². The molecular weight excluding hydrogens is 226 g/mol. The van der Waals surface area contributed by atoms with Crippen LogP contribution in [0.3, 0.4) is 0 Å². The highest BCUT2D eigenvalue weighted by molar-refractivity contribution is 5.77. The molecule has 0 radical (unpaired) electrons. The molecule has 1 rings (SSSR count). The third-order valence-corrected chi connectivity index (χ3v) is 2.80. The Kier molecular flexibility index (Phi) is 6.36. The number of nitrogens with one attached hydrogen (secondary N) is 2. The van der Waals surface area contributed by atoms with Gasteiger partial charge in [0.05, 0.1) is 6.54 Å². The maximum Gasteiger partial charge on any atom is 0.233 e. The van der Waals surface area contributed by atoms with Crippen LogP contribution in [0.15, 0.2) is 24.5 Å². The Bertz CT molecular complexity index is 351. The first-order valence-electron chi connectivity index (χ1n) is 6.49. The van der Waals surface area contributed by atoms with Gasteiger partial charge in [0, 0.05) is 25.0 Å². The van der Waals surface area contributed by atoms with E-state index in [1.807, 2.05) is 25.3 Å². The minimum absolute atomic E-state index is 0.0476. The molecule has 0 unspecified atom stereocenters. The lowest BCUT2D eigenvalue weighted by Gasteiger charge is -2.14. The van der Waals surface area contributed by atoms with Crippen LogP contribution in [0.2, 0.25) is 0 Å². The molecule has 0 fully saturated rings. The van der Waals surface area contributed by atoms with Crippen molar-refractivity contribution in [1.82, 2.24) is 15.6 Å². The normalized spacial score (nSPS) is 12.4. The molecule has 1 heterocycles. The molecule has 100 valence electrons. The molecule has 1 amide bonds. The zero-order chi connectivity index (χ0) is 13.4. The van der Waals surface area contributed by atoms with Crippen molar-refractivity contribution in [2.24, 2.45) is 5.92 Å². The van der Waals surface area contributed by atoms with Crippen LogP contribution >= 0.6 is 0 Å². The standard InChI is InChI=1S/C14H23N3O/c1-11(2)6-8-16-14(18)10-17-12(3)13-5-4-7-15-9-13/h4-5,7,9,11-12,17H,6,8,10H2,1-3H3,(H,16,18)/t12-/m0/s1. The van der Waals surface area contributed by atoms with Crippen molar-refractivity contribution in [2.75, 3.05) is 13.1 Å². The van der Waals surface area contributed by atoms with Crippen molar-refractivity contribution in [3.8, 4) is 0 Å². The SMILES string of the molecule is CC(C)CCNC(=O)CN[C@@H](C)c1cccnc1. The molecule has 0 saturated heterocycles. The Labute approximate surface area is 109 Å². The van der Waals surface area contributed by atoms with Gasteiger partial charge < -0.3 is 10.6 Å². The van der Waals surface area contributed by atoms with Crippen LogP contribution < -0.4 is 10.6 Å². The van der Waals surface area contributed by atoms with Crippen molar-refractivity contribution in [3.63, 3.8) is 0 Å². The van der Waals surface area contributed by atoms with E-state index >= 15 is 0 Å². The van der Waals surface area contributed by atoms with Gasteiger partial charge in [-0.05, 0) is 30.9 Å². The molecule has 0 saturated carbocycles. The van der Waals surface area contributed by atoms with E-state index in [0.717, 1.165) is 18.5 Å². The molecule has 2 N–H and O–H groups in total. The summed E-state index contributed by atoms with van der Waals surface area (Å²) in [4.78, 5) is 15.6. The van der Waals surface area contributed by atoms with E-state index in [9.17, 15) is 4.79 Å². The molecule has 0 aromatic carbocycles. The molecule has 1 aromatic heterocycles.